The average Bonchev–Trinajstić information content (AvgIpc) is 2.41. The van der Waals surface area contributed by atoms with Gasteiger partial charge in [0, 0.05) is 38.4 Å². The van der Waals surface area contributed by atoms with Crippen LogP contribution in [0.25, 0.3) is 0 Å². The van der Waals surface area contributed by atoms with Gasteiger partial charge in [0.25, 0.3) is 0 Å². The van der Waals surface area contributed by atoms with E-state index in [4.69, 9.17) is 9.84 Å². The molecule has 19 heavy (non-hydrogen) atoms. The largest absolute Gasteiger partial charge is 0.481 e. The van der Waals surface area contributed by atoms with Crippen molar-refractivity contribution in [3.05, 3.63) is 30.3 Å². The lowest BCUT2D eigenvalue weighted by atomic mass is 10.1. The molecular weight excluding hydrogens is 242 g/mol. The van der Waals surface area contributed by atoms with Gasteiger partial charge in [0.05, 0.1) is 0 Å². The molecule has 0 heterocycles. The lowest BCUT2D eigenvalue weighted by Gasteiger charge is -2.31. The zero-order valence-corrected chi connectivity index (χ0v) is 11.7. The van der Waals surface area contributed by atoms with E-state index in [1.54, 1.807) is 7.11 Å². The molecule has 1 atom stereocenters. The summed E-state index contributed by atoms with van der Waals surface area (Å²) in [4.78, 5) is 12.9. The molecular formula is C15H23NO3. The standard InChI is InChI=1S/C15H23NO3/c1-13(10-12-19-2)16(11-6-9-15(17)18)14-7-4-3-5-8-14/h3-5,7-8,13H,6,9-12H2,1-2H3,(H,17,18). The summed E-state index contributed by atoms with van der Waals surface area (Å²) in [6, 6.07) is 10.4. The fourth-order valence-electron chi connectivity index (χ4n) is 2.07. The number of ether oxygens (including phenoxy) is 1. The molecule has 1 N–H and O–H groups in total. The third kappa shape index (κ3) is 5.75. The lowest BCUT2D eigenvalue weighted by molar-refractivity contribution is -0.137. The van der Waals surface area contributed by atoms with Gasteiger partial charge in [-0.15, -0.1) is 0 Å². The summed E-state index contributed by atoms with van der Waals surface area (Å²) in [7, 11) is 1.70. The Morgan fingerprint density at radius 3 is 2.63 bits per heavy atom. The molecule has 0 saturated carbocycles. The van der Waals surface area contributed by atoms with Crippen molar-refractivity contribution in [3.63, 3.8) is 0 Å². The van der Waals surface area contributed by atoms with E-state index in [0.29, 0.717) is 19.1 Å². The van der Waals surface area contributed by atoms with Crippen LogP contribution in [0.5, 0.6) is 0 Å². The van der Waals surface area contributed by atoms with E-state index in [0.717, 1.165) is 18.7 Å². The van der Waals surface area contributed by atoms with Gasteiger partial charge >= 0.3 is 5.97 Å². The third-order valence-electron chi connectivity index (χ3n) is 3.15. The van der Waals surface area contributed by atoms with Crippen LogP contribution in [0.1, 0.15) is 26.2 Å². The van der Waals surface area contributed by atoms with Gasteiger partial charge in [0.2, 0.25) is 0 Å². The second kappa shape index (κ2) is 8.53. The van der Waals surface area contributed by atoms with Crippen molar-refractivity contribution in [1.29, 1.82) is 0 Å². The smallest absolute Gasteiger partial charge is 0.303 e. The van der Waals surface area contributed by atoms with Crippen LogP contribution < -0.4 is 4.90 Å². The van der Waals surface area contributed by atoms with Gasteiger partial charge in [0.1, 0.15) is 0 Å². The van der Waals surface area contributed by atoms with E-state index >= 15 is 0 Å². The van der Waals surface area contributed by atoms with Crippen molar-refractivity contribution in [3.8, 4) is 0 Å². The van der Waals surface area contributed by atoms with Crippen molar-refractivity contribution < 1.29 is 14.6 Å². The third-order valence-corrected chi connectivity index (χ3v) is 3.15. The Bertz CT molecular complexity index is 367. The maximum atomic E-state index is 10.6. The minimum atomic E-state index is -0.738. The van der Waals surface area contributed by atoms with Crippen LogP contribution in [0.3, 0.4) is 0 Å². The molecule has 1 aromatic carbocycles. The number of carboxylic acid groups (broad SMARTS) is 1. The van der Waals surface area contributed by atoms with E-state index in [1.165, 1.54) is 0 Å². The van der Waals surface area contributed by atoms with E-state index in [2.05, 4.69) is 24.0 Å². The molecule has 0 radical (unpaired) electrons. The van der Waals surface area contributed by atoms with Gasteiger partial charge in [-0.25, -0.2) is 0 Å². The normalized spacial score (nSPS) is 12.1. The molecule has 0 saturated heterocycles. The molecule has 0 spiro atoms. The summed E-state index contributed by atoms with van der Waals surface area (Å²) in [5.41, 5.74) is 1.14. The van der Waals surface area contributed by atoms with Gasteiger partial charge in [-0.3, -0.25) is 4.79 Å². The predicted molar refractivity (Wildman–Crippen MR) is 76.6 cm³/mol. The Balaban J connectivity index is 2.64. The summed E-state index contributed by atoms with van der Waals surface area (Å²) in [5, 5.41) is 8.74. The Hall–Kier alpha value is -1.55. The second-order valence-electron chi connectivity index (χ2n) is 4.66. The molecule has 1 unspecified atom stereocenters. The summed E-state index contributed by atoms with van der Waals surface area (Å²) in [5.74, 6) is -0.738. The first-order valence-corrected chi connectivity index (χ1v) is 6.67. The quantitative estimate of drug-likeness (QED) is 0.746. The zero-order chi connectivity index (χ0) is 14.1. The van der Waals surface area contributed by atoms with Crippen molar-refractivity contribution in [2.75, 3.05) is 25.2 Å². The minimum absolute atomic E-state index is 0.209. The minimum Gasteiger partial charge on any atom is -0.481 e. The first kappa shape index (κ1) is 15.5. The van der Waals surface area contributed by atoms with Gasteiger partial charge in [-0.05, 0) is 31.9 Å². The number of methoxy groups -OCH3 is 1. The molecule has 0 aromatic heterocycles. The zero-order valence-electron chi connectivity index (χ0n) is 11.7. The van der Waals surface area contributed by atoms with Gasteiger partial charge in [-0.2, -0.15) is 0 Å². The number of carbonyl (C=O) groups is 1. The summed E-state index contributed by atoms with van der Waals surface area (Å²) >= 11 is 0. The molecule has 4 nitrogen and oxygen atoms in total. The van der Waals surface area contributed by atoms with Crippen molar-refractivity contribution in [2.24, 2.45) is 0 Å². The van der Waals surface area contributed by atoms with Crippen LogP contribution in [0, 0.1) is 0 Å². The van der Waals surface area contributed by atoms with Crippen LogP contribution in [0.15, 0.2) is 30.3 Å². The van der Waals surface area contributed by atoms with Crippen LogP contribution in [0.4, 0.5) is 5.69 Å². The number of nitrogens with zero attached hydrogens (tertiary/aromatic N) is 1. The molecule has 106 valence electrons. The van der Waals surface area contributed by atoms with E-state index in [9.17, 15) is 4.79 Å². The topological polar surface area (TPSA) is 49.8 Å². The number of aliphatic carboxylic acids is 1. The van der Waals surface area contributed by atoms with E-state index in [1.807, 2.05) is 18.2 Å². The fourth-order valence-corrected chi connectivity index (χ4v) is 2.07. The number of rotatable bonds is 9. The molecule has 0 amide bonds. The van der Waals surface area contributed by atoms with Crippen LogP contribution >= 0.6 is 0 Å². The lowest BCUT2D eigenvalue weighted by Crippen LogP contribution is -2.35. The Morgan fingerprint density at radius 2 is 2.05 bits per heavy atom. The maximum Gasteiger partial charge on any atom is 0.303 e. The number of benzene rings is 1. The molecule has 0 aliphatic rings. The molecule has 0 aliphatic heterocycles. The van der Waals surface area contributed by atoms with Gasteiger partial charge in [0.15, 0.2) is 0 Å². The molecule has 0 bridgehead atoms. The molecule has 4 heteroatoms. The Morgan fingerprint density at radius 1 is 1.37 bits per heavy atom. The molecule has 1 rings (SSSR count). The molecule has 0 aliphatic carbocycles. The van der Waals surface area contributed by atoms with Gasteiger partial charge < -0.3 is 14.7 Å². The maximum absolute atomic E-state index is 10.6. The average molecular weight is 265 g/mol. The van der Waals surface area contributed by atoms with Crippen molar-refractivity contribution in [1.82, 2.24) is 0 Å². The number of hydrogen-bond acceptors (Lipinski definition) is 3. The van der Waals surface area contributed by atoms with Crippen LogP contribution in [-0.2, 0) is 9.53 Å². The van der Waals surface area contributed by atoms with Crippen molar-refractivity contribution >= 4 is 11.7 Å². The van der Waals surface area contributed by atoms with E-state index in [-0.39, 0.29) is 6.42 Å². The van der Waals surface area contributed by atoms with Crippen molar-refractivity contribution in [2.45, 2.75) is 32.2 Å². The first-order valence-electron chi connectivity index (χ1n) is 6.67. The first-order chi connectivity index (χ1) is 9.15. The molecule has 1 aromatic rings. The Kier molecular flexibility index (Phi) is 6.97. The second-order valence-corrected chi connectivity index (χ2v) is 4.66. The van der Waals surface area contributed by atoms with Crippen LogP contribution in [0.2, 0.25) is 0 Å². The monoisotopic (exact) mass is 265 g/mol. The molecule has 0 fully saturated rings. The van der Waals surface area contributed by atoms with Gasteiger partial charge in [-0.1, -0.05) is 18.2 Å². The van der Waals surface area contributed by atoms with E-state index < -0.39 is 5.97 Å². The number of hydrogen-bond donors (Lipinski definition) is 1. The number of carboxylic acids is 1. The highest BCUT2D eigenvalue weighted by Gasteiger charge is 2.14. The summed E-state index contributed by atoms with van der Waals surface area (Å²) < 4.78 is 5.12. The summed E-state index contributed by atoms with van der Waals surface area (Å²) in [6.07, 6.45) is 1.79. The number of para-hydroxylation sites is 1. The van der Waals surface area contributed by atoms with Crippen LogP contribution in [-0.4, -0.2) is 37.4 Å². The summed E-state index contributed by atoms with van der Waals surface area (Å²) in [6.45, 7) is 3.61. The highest BCUT2D eigenvalue weighted by Crippen LogP contribution is 2.19. The predicted octanol–water partition coefficient (Wildman–Crippen LogP) is 2.78. The number of anilines is 1. The highest BCUT2D eigenvalue weighted by atomic mass is 16.5. The fraction of sp³-hybridized carbons (Fsp3) is 0.533. The Labute approximate surface area is 115 Å². The highest BCUT2D eigenvalue weighted by molar-refractivity contribution is 5.66. The SMILES string of the molecule is COCCC(C)N(CCCC(=O)O)c1ccccc1.